The van der Waals surface area contributed by atoms with Crippen LogP contribution < -0.4 is 10.2 Å². The number of carbonyl (C=O) groups excluding carboxylic acids is 1. The highest BCUT2D eigenvalue weighted by Crippen LogP contribution is 2.32. The fraction of sp³-hybridized carbons (Fsp3) is 0.562. The SMILES string of the molecule is CCN(C)c1cccc(NC(=O)CC2(O)CCCC2)c1. The van der Waals surface area contributed by atoms with Crippen LogP contribution in [0.1, 0.15) is 39.0 Å². The van der Waals surface area contributed by atoms with Crippen molar-refractivity contribution >= 4 is 17.3 Å². The summed E-state index contributed by atoms with van der Waals surface area (Å²) in [6.45, 7) is 3.00. The smallest absolute Gasteiger partial charge is 0.227 e. The van der Waals surface area contributed by atoms with Gasteiger partial charge in [-0.05, 0) is 38.0 Å². The van der Waals surface area contributed by atoms with Crippen LogP contribution >= 0.6 is 0 Å². The molecule has 110 valence electrons. The van der Waals surface area contributed by atoms with Crippen LogP contribution in [0.4, 0.5) is 11.4 Å². The first-order valence-corrected chi connectivity index (χ1v) is 7.36. The maximum absolute atomic E-state index is 12.0. The molecular weight excluding hydrogens is 252 g/mol. The predicted molar refractivity (Wildman–Crippen MR) is 82.1 cm³/mol. The molecule has 1 aliphatic carbocycles. The fourth-order valence-corrected chi connectivity index (χ4v) is 2.72. The van der Waals surface area contributed by atoms with Crippen LogP contribution in [0.25, 0.3) is 0 Å². The van der Waals surface area contributed by atoms with E-state index in [0.29, 0.717) is 0 Å². The summed E-state index contributed by atoms with van der Waals surface area (Å²) in [6.07, 6.45) is 3.69. The molecule has 0 aliphatic heterocycles. The number of amides is 1. The van der Waals surface area contributed by atoms with Gasteiger partial charge in [0, 0.05) is 25.0 Å². The number of benzene rings is 1. The average molecular weight is 276 g/mol. The van der Waals surface area contributed by atoms with Crippen LogP contribution in [0.15, 0.2) is 24.3 Å². The van der Waals surface area contributed by atoms with Crippen LogP contribution in [0.3, 0.4) is 0 Å². The minimum absolute atomic E-state index is 0.106. The molecule has 0 radical (unpaired) electrons. The monoisotopic (exact) mass is 276 g/mol. The second-order valence-electron chi connectivity index (χ2n) is 5.72. The van der Waals surface area contributed by atoms with Crippen molar-refractivity contribution in [2.45, 2.75) is 44.6 Å². The van der Waals surface area contributed by atoms with Gasteiger partial charge in [0.25, 0.3) is 0 Å². The molecule has 1 fully saturated rings. The summed E-state index contributed by atoms with van der Waals surface area (Å²) in [5.74, 6) is -0.106. The topological polar surface area (TPSA) is 52.6 Å². The van der Waals surface area contributed by atoms with Gasteiger partial charge in [0.15, 0.2) is 0 Å². The molecule has 2 rings (SSSR count). The summed E-state index contributed by atoms with van der Waals surface area (Å²) >= 11 is 0. The van der Waals surface area contributed by atoms with Gasteiger partial charge in [-0.2, -0.15) is 0 Å². The molecule has 1 aromatic rings. The largest absolute Gasteiger partial charge is 0.389 e. The van der Waals surface area contributed by atoms with E-state index in [1.807, 2.05) is 31.3 Å². The number of hydrogen-bond donors (Lipinski definition) is 2. The molecule has 0 unspecified atom stereocenters. The molecule has 0 saturated heterocycles. The minimum atomic E-state index is -0.790. The number of rotatable bonds is 5. The molecule has 0 bridgehead atoms. The minimum Gasteiger partial charge on any atom is -0.389 e. The molecular formula is C16H24N2O2. The molecule has 0 aromatic heterocycles. The third kappa shape index (κ3) is 3.73. The lowest BCUT2D eigenvalue weighted by molar-refractivity contribution is -0.120. The second kappa shape index (κ2) is 6.27. The van der Waals surface area contributed by atoms with Gasteiger partial charge in [0.1, 0.15) is 0 Å². The van der Waals surface area contributed by atoms with Gasteiger partial charge in [0.05, 0.1) is 12.0 Å². The van der Waals surface area contributed by atoms with Crippen LogP contribution in [0.2, 0.25) is 0 Å². The van der Waals surface area contributed by atoms with E-state index in [1.165, 1.54) is 0 Å². The highest BCUT2D eigenvalue weighted by molar-refractivity contribution is 5.91. The van der Waals surface area contributed by atoms with Crippen molar-refractivity contribution in [3.63, 3.8) is 0 Å². The summed E-state index contributed by atoms with van der Waals surface area (Å²) in [6, 6.07) is 7.79. The molecule has 4 heteroatoms. The zero-order valence-corrected chi connectivity index (χ0v) is 12.4. The number of aliphatic hydroxyl groups is 1. The maximum Gasteiger partial charge on any atom is 0.227 e. The average Bonchev–Trinajstić information content (AvgIpc) is 2.84. The number of hydrogen-bond acceptors (Lipinski definition) is 3. The summed E-state index contributed by atoms with van der Waals surface area (Å²) < 4.78 is 0. The Balaban J connectivity index is 1.97. The Labute approximate surface area is 120 Å². The molecule has 20 heavy (non-hydrogen) atoms. The summed E-state index contributed by atoms with van der Waals surface area (Å²) in [5.41, 5.74) is 1.07. The molecule has 1 saturated carbocycles. The van der Waals surface area contributed by atoms with E-state index in [0.717, 1.165) is 43.6 Å². The van der Waals surface area contributed by atoms with Gasteiger partial charge < -0.3 is 15.3 Å². The van der Waals surface area contributed by atoms with Crippen LogP contribution in [0, 0.1) is 0 Å². The Bertz CT molecular complexity index is 467. The summed E-state index contributed by atoms with van der Waals surface area (Å²) in [4.78, 5) is 14.2. The Morgan fingerprint density at radius 3 is 2.75 bits per heavy atom. The highest BCUT2D eigenvalue weighted by atomic mass is 16.3. The van der Waals surface area contributed by atoms with Crippen molar-refractivity contribution < 1.29 is 9.90 Å². The normalized spacial score (nSPS) is 16.9. The van der Waals surface area contributed by atoms with E-state index in [4.69, 9.17) is 0 Å². The predicted octanol–water partition coefficient (Wildman–Crippen LogP) is 2.78. The zero-order chi connectivity index (χ0) is 14.6. The van der Waals surface area contributed by atoms with Gasteiger partial charge in [-0.25, -0.2) is 0 Å². The number of carbonyl (C=O) groups is 1. The van der Waals surface area contributed by atoms with Crippen molar-refractivity contribution in [1.82, 2.24) is 0 Å². The van der Waals surface area contributed by atoms with Crippen LogP contribution in [0.5, 0.6) is 0 Å². The Morgan fingerprint density at radius 1 is 1.40 bits per heavy atom. The molecule has 1 aromatic carbocycles. The Hall–Kier alpha value is -1.55. The van der Waals surface area contributed by atoms with Gasteiger partial charge in [-0.1, -0.05) is 18.9 Å². The molecule has 0 spiro atoms. The van der Waals surface area contributed by atoms with E-state index in [1.54, 1.807) is 0 Å². The lowest BCUT2D eigenvalue weighted by atomic mass is 9.97. The van der Waals surface area contributed by atoms with Crippen LogP contribution in [-0.4, -0.2) is 30.2 Å². The van der Waals surface area contributed by atoms with Crippen LogP contribution in [-0.2, 0) is 4.79 Å². The van der Waals surface area contributed by atoms with Gasteiger partial charge in [-0.15, -0.1) is 0 Å². The van der Waals surface area contributed by atoms with Gasteiger partial charge in [0.2, 0.25) is 5.91 Å². The molecule has 4 nitrogen and oxygen atoms in total. The van der Waals surface area contributed by atoms with Crippen molar-refractivity contribution in [2.24, 2.45) is 0 Å². The summed E-state index contributed by atoms with van der Waals surface area (Å²) in [5, 5.41) is 13.1. The standard InChI is InChI=1S/C16H24N2O2/c1-3-18(2)14-8-6-7-13(11-14)17-15(19)12-16(20)9-4-5-10-16/h6-8,11,20H,3-5,9-10,12H2,1-2H3,(H,17,19). The van der Waals surface area contributed by atoms with Crippen molar-refractivity contribution in [2.75, 3.05) is 23.8 Å². The van der Waals surface area contributed by atoms with E-state index in [9.17, 15) is 9.90 Å². The number of anilines is 2. The lowest BCUT2D eigenvalue weighted by Crippen LogP contribution is -2.30. The third-order valence-electron chi connectivity index (χ3n) is 4.07. The fourth-order valence-electron chi connectivity index (χ4n) is 2.72. The third-order valence-corrected chi connectivity index (χ3v) is 4.07. The second-order valence-corrected chi connectivity index (χ2v) is 5.72. The summed E-state index contributed by atoms with van der Waals surface area (Å²) in [7, 11) is 2.02. The first-order chi connectivity index (χ1) is 9.52. The number of nitrogens with one attached hydrogen (secondary N) is 1. The Kier molecular flexibility index (Phi) is 4.65. The van der Waals surface area contributed by atoms with E-state index in [-0.39, 0.29) is 12.3 Å². The van der Waals surface area contributed by atoms with E-state index >= 15 is 0 Å². The quantitative estimate of drug-likeness (QED) is 0.869. The molecule has 1 aliphatic rings. The van der Waals surface area contributed by atoms with Crippen molar-refractivity contribution in [1.29, 1.82) is 0 Å². The zero-order valence-electron chi connectivity index (χ0n) is 12.4. The highest BCUT2D eigenvalue weighted by Gasteiger charge is 2.33. The Morgan fingerprint density at radius 2 is 2.10 bits per heavy atom. The van der Waals surface area contributed by atoms with Crippen molar-refractivity contribution in [3.05, 3.63) is 24.3 Å². The van der Waals surface area contributed by atoms with E-state index in [2.05, 4.69) is 17.1 Å². The van der Waals surface area contributed by atoms with E-state index < -0.39 is 5.60 Å². The van der Waals surface area contributed by atoms with Gasteiger partial charge in [-0.3, -0.25) is 4.79 Å². The first-order valence-electron chi connectivity index (χ1n) is 7.36. The maximum atomic E-state index is 12.0. The van der Waals surface area contributed by atoms with Crippen molar-refractivity contribution in [3.8, 4) is 0 Å². The molecule has 1 amide bonds. The first kappa shape index (κ1) is 14.9. The molecule has 0 atom stereocenters. The molecule has 2 N–H and O–H groups in total. The number of nitrogens with zero attached hydrogens (tertiary/aromatic N) is 1. The van der Waals surface area contributed by atoms with Gasteiger partial charge >= 0.3 is 0 Å². The molecule has 0 heterocycles. The lowest BCUT2D eigenvalue weighted by Gasteiger charge is -2.21.